The van der Waals surface area contributed by atoms with E-state index in [9.17, 15) is 5.11 Å². The Morgan fingerprint density at radius 3 is 2.65 bits per heavy atom. The largest absolute Gasteiger partial charge is 0.493 e. The summed E-state index contributed by atoms with van der Waals surface area (Å²) >= 11 is 0. The summed E-state index contributed by atoms with van der Waals surface area (Å²) in [6.07, 6.45) is 4.17. The predicted molar refractivity (Wildman–Crippen MR) is 75.6 cm³/mol. The number of aromatic nitrogens is 3. The number of hydrogen-bond donors (Lipinski definition) is 1. The minimum absolute atomic E-state index is 0.591. The molecule has 0 bridgehead atoms. The van der Waals surface area contributed by atoms with Crippen LogP contribution in [0, 0.1) is 0 Å². The summed E-state index contributed by atoms with van der Waals surface area (Å²) in [5.41, 5.74) is 1.44. The average molecular weight is 276 g/mol. The Morgan fingerprint density at radius 1 is 1.35 bits per heavy atom. The van der Waals surface area contributed by atoms with Gasteiger partial charge in [-0.3, -0.25) is 9.67 Å². The van der Waals surface area contributed by atoms with Crippen LogP contribution >= 0.6 is 0 Å². The maximum Gasteiger partial charge on any atom is 0.163 e. The highest BCUT2D eigenvalue weighted by Gasteiger charge is 2.21. The van der Waals surface area contributed by atoms with E-state index in [2.05, 4.69) is 15.0 Å². The molecule has 0 radical (unpaired) electrons. The van der Waals surface area contributed by atoms with E-state index in [0.717, 1.165) is 12.1 Å². The van der Waals surface area contributed by atoms with Crippen LogP contribution < -0.4 is 4.74 Å². The Hall–Kier alpha value is -1.92. The number of rotatable bonds is 6. The topological polar surface area (TPSA) is 63.4 Å². The molecule has 0 aliphatic rings. The van der Waals surface area contributed by atoms with Crippen LogP contribution in [0.2, 0.25) is 0 Å². The summed E-state index contributed by atoms with van der Waals surface area (Å²) in [4.78, 5) is 6.03. The summed E-state index contributed by atoms with van der Waals surface area (Å²) in [5.74, 6) is 0.591. The fourth-order valence-electron chi connectivity index (χ4n) is 1.99. The van der Waals surface area contributed by atoms with Crippen molar-refractivity contribution in [2.75, 3.05) is 27.7 Å². The molecule has 1 atom stereocenters. The van der Waals surface area contributed by atoms with Crippen molar-refractivity contribution in [1.29, 1.82) is 0 Å². The van der Waals surface area contributed by atoms with Gasteiger partial charge in [-0.1, -0.05) is 0 Å². The molecule has 6 heteroatoms. The van der Waals surface area contributed by atoms with Gasteiger partial charge in [-0.25, -0.2) is 0 Å². The number of hydrogen-bond acceptors (Lipinski definition) is 5. The number of nitrogens with zero attached hydrogens (tertiary/aromatic N) is 4. The van der Waals surface area contributed by atoms with Crippen molar-refractivity contribution in [2.24, 2.45) is 0 Å². The van der Waals surface area contributed by atoms with Gasteiger partial charge in [0.1, 0.15) is 11.8 Å². The van der Waals surface area contributed by atoms with Crippen molar-refractivity contribution < 1.29 is 9.84 Å². The van der Waals surface area contributed by atoms with E-state index in [1.165, 1.54) is 0 Å². The number of aliphatic hydroxyl groups is 1. The zero-order valence-electron chi connectivity index (χ0n) is 12.0. The number of methoxy groups -OCH3 is 1. The third-order valence-corrected chi connectivity index (χ3v) is 3.10. The standard InChI is InChI=1S/C14H20N4O2/c1-17(2)8-9-18-13(12(20-3)10-16-18)14(19)11-4-6-15-7-5-11/h4-7,10,14,19H,8-9H2,1-3H3. The van der Waals surface area contributed by atoms with Gasteiger partial charge in [-0.2, -0.15) is 5.10 Å². The summed E-state index contributed by atoms with van der Waals surface area (Å²) < 4.78 is 7.08. The zero-order valence-corrected chi connectivity index (χ0v) is 12.0. The van der Waals surface area contributed by atoms with Crippen molar-refractivity contribution in [1.82, 2.24) is 19.7 Å². The predicted octanol–water partition coefficient (Wildman–Crippen LogP) is 0.930. The monoisotopic (exact) mass is 276 g/mol. The molecule has 2 heterocycles. The second-order valence-electron chi connectivity index (χ2n) is 4.81. The first-order valence-corrected chi connectivity index (χ1v) is 6.46. The molecule has 108 valence electrons. The molecule has 0 fully saturated rings. The Labute approximate surface area is 118 Å². The fourth-order valence-corrected chi connectivity index (χ4v) is 1.99. The van der Waals surface area contributed by atoms with E-state index in [1.54, 1.807) is 42.5 Å². The van der Waals surface area contributed by atoms with E-state index >= 15 is 0 Å². The van der Waals surface area contributed by atoms with E-state index in [0.29, 0.717) is 18.0 Å². The molecule has 2 aromatic heterocycles. The molecule has 1 N–H and O–H groups in total. The Morgan fingerprint density at radius 2 is 2.05 bits per heavy atom. The normalized spacial score (nSPS) is 12.7. The van der Waals surface area contributed by atoms with Crippen molar-refractivity contribution in [3.63, 3.8) is 0 Å². The van der Waals surface area contributed by atoms with E-state index in [1.807, 2.05) is 14.1 Å². The minimum atomic E-state index is -0.780. The van der Waals surface area contributed by atoms with Crippen molar-refractivity contribution in [3.05, 3.63) is 42.0 Å². The highest BCUT2D eigenvalue weighted by atomic mass is 16.5. The molecule has 0 aliphatic carbocycles. The smallest absolute Gasteiger partial charge is 0.163 e. The maximum atomic E-state index is 10.6. The van der Waals surface area contributed by atoms with E-state index in [-0.39, 0.29) is 0 Å². The summed E-state index contributed by atoms with van der Waals surface area (Å²) in [7, 11) is 5.58. The van der Waals surface area contributed by atoms with E-state index < -0.39 is 6.10 Å². The molecule has 1 unspecified atom stereocenters. The van der Waals surface area contributed by atoms with Gasteiger partial charge in [0.2, 0.25) is 0 Å². The molecule has 0 saturated carbocycles. The minimum Gasteiger partial charge on any atom is -0.493 e. The van der Waals surface area contributed by atoms with Crippen LogP contribution in [0.1, 0.15) is 17.4 Å². The molecular weight excluding hydrogens is 256 g/mol. The first-order valence-electron chi connectivity index (χ1n) is 6.46. The number of likely N-dealkylation sites (N-methyl/N-ethyl adjacent to an activating group) is 1. The molecule has 6 nitrogen and oxygen atoms in total. The number of ether oxygens (including phenoxy) is 1. The van der Waals surface area contributed by atoms with Gasteiger partial charge in [-0.15, -0.1) is 0 Å². The molecule has 2 aromatic rings. The first kappa shape index (κ1) is 14.5. The second-order valence-corrected chi connectivity index (χ2v) is 4.81. The lowest BCUT2D eigenvalue weighted by atomic mass is 10.1. The van der Waals surface area contributed by atoms with Gasteiger partial charge in [0, 0.05) is 18.9 Å². The molecule has 0 spiro atoms. The van der Waals surface area contributed by atoms with Gasteiger partial charge in [0.15, 0.2) is 5.75 Å². The first-order chi connectivity index (χ1) is 9.63. The van der Waals surface area contributed by atoms with Gasteiger partial charge >= 0.3 is 0 Å². The maximum absolute atomic E-state index is 10.6. The van der Waals surface area contributed by atoms with Gasteiger partial charge in [0.05, 0.1) is 19.9 Å². The van der Waals surface area contributed by atoms with Crippen LogP contribution in [0.15, 0.2) is 30.7 Å². The third kappa shape index (κ3) is 3.15. The number of aliphatic hydroxyl groups excluding tert-OH is 1. The van der Waals surface area contributed by atoms with Gasteiger partial charge in [0.25, 0.3) is 0 Å². The van der Waals surface area contributed by atoms with Crippen LogP contribution in [0.3, 0.4) is 0 Å². The molecule has 20 heavy (non-hydrogen) atoms. The Balaban J connectivity index is 2.30. The Bertz CT molecular complexity index is 539. The highest BCUT2D eigenvalue weighted by Crippen LogP contribution is 2.29. The fraction of sp³-hybridized carbons (Fsp3) is 0.429. The third-order valence-electron chi connectivity index (χ3n) is 3.10. The van der Waals surface area contributed by atoms with Crippen LogP contribution in [0.4, 0.5) is 0 Å². The van der Waals surface area contributed by atoms with Crippen molar-refractivity contribution in [2.45, 2.75) is 12.6 Å². The quantitative estimate of drug-likeness (QED) is 0.850. The molecule has 0 amide bonds. The van der Waals surface area contributed by atoms with Gasteiger partial charge in [-0.05, 0) is 31.8 Å². The molecular formula is C14H20N4O2. The summed E-state index contributed by atoms with van der Waals surface area (Å²) in [6, 6.07) is 3.57. The lowest BCUT2D eigenvalue weighted by Gasteiger charge is -2.16. The molecule has 0 saturated heterocycles. The van der Waals surface area contributed by atoms with E-state index in [4.69, 9.17) is 4.74 Å². The lowest BCUT2D eigenvalue weighted by molar-refractivity contribution is 0.200. The van der Waals surface area contributed by atoms with Crippen molar-refractivity contribution >= 4 is 0 Å². The average Bonchev–Trinajstić information content (AvgIpc) is 2.88. The lowest BCUT2D eigenvalue weighted by Crippen LogP contribution is -2.21. The van der Waals surface area contributed by atoms with Gasteiger partial charge < -0.3 is 14.7 Å². The summed E-state index contributed by atoms with van der Waals surface area (Å²) in [6.45, 7) is 1.52. The summed E-state index contributed by atoms with van der Waals surface area (Å²) in [5, 5.41) is 14.9. The second kappa shape index (κ2) is 6.49. The van der Waals surface area contributed by atoms with Crippen LogP contribution in [-0.4, -0.2) is 52.5 Å². The van der Waals surface area contributed by atoms with Crippen LogP contribution in [-0.2, 0) is 6.54 Å². The van der Waals surface area contributed by atoms with Crippen molar-refractivity contribution in [3.8, 4) is 5.75 Å². The zero-order chi connectivity index (χ0) is 14.5. The van der Waals surface area contributed by atoms with Crippen LogP contribution in [0.25, 0.3) is 0 Å². The number of pyridine rings is 1. The molecule has 2 rings (SSSR count). The Kier molecular flexibility index (Phi) is 4.70. The molecule has 0 aromatic carbocycles. The molecule has 0 aliphatic heterocycles. The highest BCUT2D eigenvalue weighted by molar-refractivity contribution is 5.34. The SMILES string of the molecule is COc1cnn(CCN(C)C)c1C(O)c1ccncc1. The van der Waals surface area contributed by atoms with Crippen LogP contribution in [0.5, 0.6) is 5.75 Å².